The molecule has 0 radical (unpaired) electrons. The number of halogens is 3. The number of para-hydroxylation sites is 1. The van der Waals surface area contributed by atoms with Crippen LogP contribution in [0.25, 0.3) is 10.4 Å². The summed E-state index contributed by atoms with van der Waals surface area (Å²) in [5.41, 5.74) is 1.80. The SMILES string of the molecule is CCCC(C)c1ccccc1Oc1ncccc1Nc1nc(C(F)(F)F)c(-c2cccc(N(C)C)c2)s1. The highest BCUT2D eigenvalue weighted by molar-refractivity contribution is 7.19. The van der Waals surface area contributed by atoms with Gasteiger partial charge in [-0.15, -0.1) is 0 Å². The van der Waals surface area contributed by atoms with Crippen molar-refractivity contribution in [1.29, 1.82) is 0 Å². The van der Waals surface area contributed by atoms with Crippen LogP contribution in [0.1, 0.15) is 43.9 Å². The molecule has 0 aliphatic heterocycles. The molecule has 1 unspecified atom stereocenters. The van der Waals surface area contributed by atoms with Crippen LogP contribution >= 0.6 is 11.3 Å². The Hall–Kier alpha value is -3.59. The third-order valence-electron chi connectivity index (χ3n) is 5.91. The first-order chi connectivity index (χ1) is 17.7. The predicted molar refractivity (Wildman–Crippen MR) is 144 cm³/mol. The van der Waals surface area contributed by atoms with Crippen LogP contribution in [0.5, 0.6) is 11.6 Å². The van der Waals surface area contributed by atoms with Crippen LogP contribution in [0.15, 0.2) is 66.9 Å². The second-order valence-electron chi connectivity index (χ2n) is 8.95. The molecule has 0 saturated heterocycles. The van der Waals surface area contributed by atoms with Crippen LogP contribution in [0.3, 0.4) is 0 Å². The Balaban J connectivity index is 1.68. The van der Waals surface area contributed by atoms with Crippen LogP contribution in [0.4, 0.5) is 29.7 Å². The summed E-state index contributed by atoms with van der Waals surface area (Å²) < 4.78 is 48.1. The summed E-state index contributed by atoms with van der Waals surface area (Å²) in [4.78, 5) is 10.2. The minimum absolute atomic E-state index is 0.0452. The Morgan fingerprint density at radius 1 is 1.05 bits per heavy atom. The molecule has 37 heavy (non-hydrogen) atoms. The number of pyridine rings is 1. The van der Waals surface area contributed by atoms with Crippen molar-refractivity contribution in [3.8, 4) is 22.1 Å². The average Bonchev–Trinajstić information content (AvgIpc) is 3.30. The quantitative estimate of drug-likeness (QED) is 0.236. The maximum Gasteiger partial charge on any atom is 0.434 e. The van der Waals surface area contributed by atoms with E-state index in [0.29, 0.717) is 17.0 Å². The molecule has 194 valence electrons. The molecule has 0 fully saturated rings. The molecule has 5 nitrogen and oxygen atoms in total. The number of anilines is 3. The third-order valence-corrected chi connectivity index (χ3v) is 6.93. The fourth-order valence-electron chi connectivity index (χ4n) is 4.04. The molecule has 2 aromatic heterocycles. The molecule has 2 aromatic carbocycles. The van der Waals surface area contributed by atoms with Gasteiger partial charge in [0, 0.05) is 26.0 Å². The van der Waals surface area contributed by atoms with Crippen LogP contribution in [-0.4, -0.2) is 24.1 Å². The van der Waals surface area contributed by atoms with Crippen molar-refractivity contribution >= 4 is 27.8 Å². The zero-order chi connectivity index (χ0) is 26.6. The molecule has 4 aromatic rings. The number of rotatable bonds is 9. The predicted octanol–water partition coefficient (Wildman–Crippen LogP) is 8.73. The Morgan fingerprint density at radius 3 is 2.57 bits per heavy atom. The van der Waals surface area contributed by atoms with Crippen LogP contribution in [-0.2, 0) is 6.18 Å². The average molecular weight is 527 g/mol. The van der Waals surface area contributed by atoms with E-state index in [1.807, 2.05) is 49.3 Å². The fourth-order valence-corrected chi connectivity index (χ4v) is 5.04. The first-order valence-corrected chi connectivity index (χ1v) is 12.8. The van der Waals surface area contributed by atoms with Gasteiger partial charge < -0.3 is 15.0 Å². The monoisotopic (exact) mass is 526 g/mol. The Labute approximate surface area is 219 Å². The number of nitrogens with one attached hydrogen (secondary N) is 1. The third kappa shape index (κ3) is 6.22. The van der Waals surface area contributed by atoms with Crippen molar-refractivity contribution in [3.05, 3.63) is 78.1 Å². The molecule has 0 saturated carbocycles. The lowest BCUT2D eigenvalue weighted by Crippen LogP contribution is -2.09. The molecule has 1 atom stereocenters. The molecular formula is C28H29F3N4OS. The Kier molecular flexibility index (Phi) is 8.02. The Bertz CT molecular complexity index is 1350. The van der Waals surface area contributed by atoms with Crippen LogP contribution in [0, 0.1) is 0 Å². The van der Waals surface area contributed by atoms with Gasteiger partial charge in [0.05, 0.1) is 4.88 Å². The molecular weight excluding hydrogens is 497 g/mol. The lowest BCUT2D eigenvalue weighted by molar-refractivity contribution is -0.140. The van der Waals surface area contributed by atoms with Gasteiger partial charge in [0.15, 0.2) is 10.8 Å². The van der Waals surface area contributed by atoms with Gasteiger partial charge in [-0.25, -0.2) is 9.97 Å². The minimum atomic E-state index is -4.61. The normalized spacial score (nSPS) is 12.3. The van der Waals surface area contributed by atoms with E-state index >= 15 is 0 Å². The summed E-state index contributed by atoms with van der Waals surface area (Å²) in [5.74, 6) is 1.22. The van der Waals surface area contributed by atoms with E-state index < -0.39 is 11.9 Å². The van der Waals surface area contributed by atoms with Crippen molar-refractivity contribution in [1.82, 2.24) is 9.97 Å². The molecule has 4 rings (SSSR count). The van der Waals surface area contributed by atoms with Gasteiger partial charge in [-0.05, 0) is 53.8 Å². The maximum atomic E-state index is 14.0. The van der Waals surface area contributed by atoms with Gasteiger partial charge in [0.1, 0.15) is 11.4 Å². The molecule has 2 heterocycles. The van der Waals surface area contributed by atoms with Crippen molar-refractivity contribution in [2.75, 3.05) is 24.3 Å². The largest absolute Gasteiger partial charge is 0.437 e. The number of hydrogen-bond acceptors (Lipinski definition) is 6. The standard InChI is InChI=1S/C28H29F3N4OS/c1-5-10-18(2)21-13-6-7-15-23(21)36-26-22(14-9-16-32-26)33-27-34-25(28(29,30)31)24(37-27)19-11-8-12-20(17-19)35(3)4/h6-9,11-18H,5,10H2,1-4H3,(H,33,34). The maximum absolute atomic E-state index is 14.0. The van der Waals surface area contributed by atoms with E-state index in [2.05, 4.69) is 29.1 Å². The summed E-state index contributed by atoms with van der Waals surface area (Å²) in [5, 5.41) is 3.12. The number of hydrogen-bond donors (Lipinski definition) is 1. The zero-order valence-corrected chi connectivity index (χ0v) is 22.0. The van der Waals surface area contributed by atoms with Gasteiger partial charge >= 0.3 is 6.18 Å². The van der Waals surface area contributed by atoms with E-state index in [4.69, 9.17) is 4.74 Å². The summed E-state index contributed by atoms with van der Waals surface area (Å²) in [6.45, 7) is 4.28. The minimum Gasteiger partial charge on any atom is -0.437 e. The first-order valence-electron chi connectivity index (χ1n) is 12.0. The summed E-state index contributed by atoms with van der Waals surface area (Å²) in [7, 11) is 3.68. The number of aromatic nitrogens is 2. The van der Waals surface area contributed by atoms with E-state index in [-0.39, 0.29) is 21.8 Å². The lowest BCUT2D eigenvalue weighted by atomic mass is 9.96. The zero-order valence-electron chi connectivity index (χ0n) is 21.1. The smallest absolute Gasteiger partial charge is 0.434 e. The molecule has 9 heteroatoms. The van der Waals surface area contributed by atoms with Crippen molar-refractivity contribution in [3.63, 3.8) is 0 Å². The highest BCUT2D eigenvalue weighted by Crippen LogP contribution is 2.44. The van der Waals surface area contributed by atoms with Gasteiger partial charge in [0.2, 0.25) is 5.88 Å². The number of thiazole rings is 1. The molecule has 0 aliphatic carbocycles. The van der Waals surface area contributed by atoms with Crippen molar-refractivity contribution < 1.29 is 17.9 Å². The van der Waals surface area contributed by atoms with Crippen LogP contribution in [0.2, 0.25) is 0 Å². The summed E-state index contributed by atoms with van der Waals surface area (Å²) >= 11 is 0.940. The number of ether oxygens (including phenoxy) is 1. The van der Waals surface area contributed by atoms with E-state index in [9.17, 15) is 13.2 Å². The molecule has 0 bridgehead atoms. The number of benzene rings is 2. The Morgan fingerprint density at radius 2 is 1.84 bits per heavy atom. The van der Waals surface area contributed by atoms with Gasteiger partial charge in [0.25, 0.3) is 0 Å². The van der Waals surface area contributed by atoms with E-state index in [1.54, 1.807) is 36.5 Å². The second kappa shape index (κ2) is 11.2. The van der Waals surface area contributed by atoms with E-state index in [1.165, 1.54) is 0 Å². The molecule has 0 spiro atoms. The van der Waals surface area contributed by atoms with Gasteiger partial charge in [-0.3, -0.25) is 0 Å². The van der Waals surface area contributed by atoms with Gasteiger partial charge in [-0.2, -0.15) is 13.2 Å². The fraction of sp³-hybridized carbons (Fsp3) is 0.286. The van der Waals surface area contributed by atoms with Crippen LogP contribution < -0.4 is 15.0 Å². The topological polar surface area (TPSA) is 50.3 Å². The van der Waals surface area contributed by atoms with Crippen molar-refractivity contribution in [2.45, 2.75) is 38.8 Å². The van der Waals surface area contributed by atoms with Crippen molar-refractivity contribution in [2.24, 2.45) is 0 Å². The number of alkyl halides is 3. The summed E-state index contributed by atoms with van der Waals surface area (Å²) in [6.07, 6.45) is -0.982. The van der Waals surface area contributed by atoms with Gasteiger partial charge in [-0.1, -0.05) is 61.9 Å². The first kappa shape index (κ1) is 26.5. The molecule has 1 N–H and O–H groups in total. The highest BCUT2D eigenvalue weighted by Gasteiger charge is 2.38. The lowest BCUT2D eigenvalue weighted by Gasteiger charge is -2.17. The number of nitrogens with zero attached hydrogens (tertiary/aromatic N) is 3. The second-order valence-corrected chi connectivity index (χ2v) is 9.95. The molecule has 0 amide bonds. The molecule has 0 aliphatic rings. The summed E-state index contributed by atoms with van der Waals surface area (Å²) in [6, 6.07) is 18.1. The highest BCUT2D eigenvalue weighted by atomic mass is 32.1. The van der Waals surface area contributed by atoms with E-state index in [0.717, 1.165) is 35.4 Å².